The normalized spacial score (nSPS) is 18.1. The van der Waals surface area contributed by atoms with Gasteiger partial charge in [-0.1, -0.05) is 18.2 Å². The van der Waals surface area contributed by atoms with Gasteiger partial charge in [-0.3, -0.25) is 0 Å². The highest BCUT2D eigenvalue weighted by atomic mass is 32.1. The SMILES string of the molecule is CC(N)(c1ccsc1)c1ccc2c(c1)CCCC2. The van der Waals surface area contributed by atoms with Gasteiger partial charge in [0.15, 0.2) is 0 Å². The van der Waals surface area contributed by atoms with Gasteiger partial charge in [-0.2, -0.15) is 11.3 Å². The van der Waals surface area contributed by atoms with E-state index in [0.717, 1.165) is 0 Å². The zero-order valence-electron chi connectivity index (χ0n) is 10.8. The maximum Gasteiger partial charge on any atom is 0.0645 e. The molecule has 0 saturated heterocycles. The second-order valence-electron chi connectivity index (χ2n) is 5.40. The molecule has 2 heteroatoms. The van der Waals surface area contributed by atoms with Gasteiger partial charge in [0.2, 0.25) is 0 Å². The predicted molar refractivity (Wildman–Crippen MR) is 78.0 cm³/mol. The van der Waals surface area contributed by atoms with E-state index in [0.29, 0.717) is 0 Å². The summed E-state index contributed by atoms with van der Waals surface area (Å²) >= 11 is 1.71. The van der Waals surface area contributed by atoms with E-state index < -0.39 is 0 Å². The number of rotatable bonds is 2. The minimum absolute atomic E-state index is 0.369. The smallest absolute Gasteiger partial charge is 0.0645 e. The van der Waals surface area contributed by atoms with E-state index in [-0.39, 0.29) is 5.54 Å². The van der Waals surface area contributed by atoms with Crippen molar-refractivity contribution >= 4 is 11.3 Å². The van der Waals surface area contributed by atoms with Gasteiger partial charge in [0.1, 0.15) is 0 Å². The van der Waals surface area contributed by atoms with Gasteiger partial charge in [-0.05, 0) is 71.7 Å². The summed E-state index contributed by atoms with van der Waals surface area (Å²) in [4.78, 5) is 0. The molecule has 1 nitrogen and oxygen atoms in total. The van der Waals surface area contributed by atoms with E-state index in [1.54, 1.807) is 11.3 Å². The summed E-state index contributed by atoms with van der Waals surface area (Å²) in [5, 5.41) is 4.25. The Labute approximate surface area is 113 Å². The van der Waals surface area contributed by atoms with Gasteiger partial charge in [0.25, 0.3) is 0 Å². The van der Waals surface area contributed by atoms with Crippen LogP contribution in [0.15, 0.2) is 35.0 Å². The van der Waals surface area contributed by atoms with Gasteiger partial charge < -0.3 is 5.73 Å². The van der Waals surface area contributed by atoms with E-state index >= 15 is 0 Å². The van der Waals surface area contributed by atoms with Crippen molar-refractivity contribution in [2.45, 2.75) is 38.1 Å². The minimum Gasteiger partial charge on any atom is -0.318 e. The van der Waals surface area contributed by atoms with Gasteiger partial charge in [-0.25, -0.2) is 0 Å². The van der Waals surface area contributed by atoms with Crippen LogP contribution in [-0.2, 0) is 18.4 Å². The third kappa shape index (κ3) is 2.00. The second kappa shape index (κ2) is 4.52. The molecule has 2 aromatic rings. The zero-order valence-corrected chi connectivity index (χ0v) is 11.6. The Bertz CT molecular complexity index is 540. The Hall–Kier alpha value is -1.12. The number of aryl methyl sites for hydroxylation is 2. The molecular formula is C16H19NS. The van der Waals surface area contributed by atoms with Crippen LogP contribution in [0.2, 0.25) is 0 Å². The average Bonchev–Trinajstić information content (AvgIpc) is 2.92. The van der Waals surface area contributed by atoms with Crippen LogP contribution in [0.3, 0.4) is 0 Å². The van der Waals surface area contributed by atoms with Crippen molar-refractivity contribution in [3.05, 3.63) is 57.3 Å². The molecule has 0 spiro atoms. The lowest BCUT2D eigenvalue weighted by Gasteiger charge is -2.27. The standard InChI is InChI=1S/C16H19NS/c1-16(17,15-8-9-18-11-15)14-7-6-12-4-2-3-5-13(12)10-14/h6-11H,2-5,17H2,1H3. The van der Waals surface area contributed by atoms with Crippen molar-refractivity contribution < 1.29 is 0 Å². The molecule has 0 fully saturated rings. The molecule has 1 aromatic carbocycles. The third-order valence-electron chi connectivity index (χ3n) is 4.07. The minimum atomic E-state index is -0.369. The highest BCUT2D eigenvalue weighted by Crippen LogP contribution is 2.31. The summed E-state index contributed by atoms with van der Waals surface area (Å²) in [6, 6.07) is 8.94. The maximum atomic E-state index is 6.54. The molecule has 3 rings (SSSR count). The molecule has 0 radical (unpaired) electrons. The van der Waals surface area contributed by atoms with Crippen LogP contribution in [0.4, 0.5) is 0 Å². The van der Waals surface area contributed by atoms with Crippen LogP contribution in [0.25, 0.3) is 0 Å². The van der Waals surface area contributed by atoms with Crippen LogP contribution in [0, 0.1) is 0 Å². The van der Waals surface area contributed by atoms with Crippen molar-refractivity contribution in [3.8, 4) is 0 Å². The van der Waals surface area contributed by atoms with Crippen molar-refractivity contribution in [1.82, 2.24) is 0 Å². The Morgan fingerprint density at radius 1 is 1.06 bits per heavy atom. The fourth-order valence-electron chi connectivity index (χ4n) is 2.78. The first-order valence-electron chi connectivity index (χ1n) is 6.62. The lowest BCUT2D eigenvalue weighted by Crippen LogP contribution is -2.34. The molecule has 0 bridgehead atoms. The van der Waals surface area contributed by atoms with E-state index in [9.17, 15) is 0 Å². The van der Waals surface area contributed by atoms with Crippen LogP contribution >= 0.6 is 11.3 Å². The Balaban J connectivity index is 2.02. The highest BCUT2D eigenvalue weighted by molar-refractivity contribution is 7.08. The van der Waals surface area contributed by atoms with Crippen molar-refractivity contribution in [2.75, 3.05) is 0 Å². The first-order valence-corrected chi connectivity index (χ1v) is 7.56. The summed E-state index contributed by atoms with van der Waals surface area (Å²) in [5.74, 6) is 0. The molecule has 0 saturated carbocycles. The summed E-state index contributed by atoms with van der Waals surface area (Å²) in [7, 11) is 0. The van der Waals surface area contributed by atoms with E-state index in [4.69, 9.17) is 5.73 Å². The second-order valence-corrected chi connectivity index (χ2v) is 6.19. The molecule has 18 heavy (non-hydrogen) atoms. The van der Waals surface area contributed by atoms with Crippen LogP contribution in [0.1, 0.15) is 42.0 Å². The number of fused-ring (bicyclic) bond motifs is 1. The zero-order chi connectivity index (χ0) is 12.6. The first kappa shape index (κ1) is 11.9. The fourth-order valence-corrected chi connectivity index (χ4v) is 3.56. The molecule has 0 amide bonds. The van der Waals surface area contributed by atoms with E-state index in [1.165, 1.54) is 47.9 Å². The Kier molecular flexibility index (Phi) is 3.00. The third-order valence-corrected chi connectivity index (χ3v) is 4.75. The lowest BCUT2D eigenvalue weighted by atomic mass is 9.83. The van der Waals surface area contributed by atoms with Crippen LogP contribution in [0.5, 0.6) is 0 Å². The number of hydrogen-bond donors (Lipinski definition) is 1. The number of hydrogen-bond acceptors (Lipinski definition) is 2. The topological polar surface area (TPSA) is 26.0 Å². The number of thiophene rings is 1. The molecule has 0 aliphatic heterocycles. The van der Waals surface area contributed by atoms with Crippen LogP contribution < -0.4 is 5.73 Å². The predicted octanol–water partition coefficient (Wildman–Crippen LogP) is 3.85. The van der Waals surface area contributed by atoms with E-state index in [1.807, 2.05) is 0 Å². The fraction of sp³-hybridized carbons (Fsp3) is 0.375. The lowest BCUT2D eigenvalue weighted by molar-refractivity contribution is 0.600. The number of nitrogens with two attached hydrogens (primary N) is 1. The Morgan fingerprint density at radius 2 is 1.83 bits per heavy atom. The van der Waals surface area contributed by atoms with Gasteiger partial charge in [0.05, 0.1) is 5.54 Å². The van der Waals surface area contributed by atoms with Crippen molar-refractivity contribution in [3.63, 3.8) is 0 Å². The molecular weight excluding hydrogens is 238 g/mol. The van der Waals surface area contributed by atoms with Crippen molar-refractivity contribution in [2.24, 2.45) is 5.73 Å². The summed E-state index contributed by atoms with van der Waals surface area (Å²) < 4.78 is 0. The monoisotopic (exact) mass is 257 g/mol. The molecule has 1 aliphatic carbocycles. The quantitative estimate of drug-likeness (QED) is 0.869. The molecule has 1 aliphatic rings. The number of benzene rings is 1. The largest absolute Gasteiger partial charge is 0.318 e. The highest BCUT2D eigenvalue weighted by Gasteiger charge is 2.25. The molecule has 2 N–H and O–H groups in total. The molecule has 1 heterocycles. The summed E-state index contributed by atoms with van der Waals surface area (Å²) in [6.45, 7) is 2.11. The molecule has 1 atom stereocenters. The summed E-state index contributed by atoms with van der Waals surface area (Å²) in [5.41, 5.74) is 11.6. The van der Waals surface area contributed by atoms with Crippen LogP contribution in [-0.4, -0.2) is 0 Å². The molecule has 1 aromatic heterocycles. The summed E-state index contributed by atoms with van der Waals surface area (Å²) in [6.07, 6.45) is 5.09. The van der Waals surface area contributed by atoms with E-state index in [2.05, 4.69) is 41.9 Å². The first-order chi connectivity index (χ1) is 8.68. The van der Waals surface area contributed by atoms with Gasteiger partial charge >= 0.3 is 0 Å². The molecule has 1 unspecified atom stereocenters. The van der Waals surface area contributed by atoms with Crippen molar-refractivity contribution in [1.29, 1.82) is 0 Å². The Morgan fingerprint density at radius 3 is 2.56 bits per heavy atom. The molecule has 94 valence electrons. The maximum absolute atomic E-state index is 6.54. The average molecular weight is 257 g/mol. The van der Waals surface area contributed by atoms with Gasteiger partial charge in [-0.15, -0.1) is 0 Å². The van der Waals surface area contributed by atoms with Gasteiger partial charge in [0, 0.05) is 0 Å².